The quantitative estimate of drug-likeness (QED) is 0.642. The molecule has 8 heteroatoms. The number of methoxy groups -OCH3 is 1. The van der Waals surface area contributed by atoms with E-state index in [1.54, 1.807) is 19.2 Å². The third-order valence-electron chi connectivity index (χ3n) is 4.06. The maximum Gasteiger partial charge on any atom is 0.258 e. The van der Waals surface area contributed by atoms with E-state index in [1.165, 1.54) is 18.6 Å². The Morgan fingerprint density at radius 1 is 1.16 bits per heavy atom. The SMILES string of the molecule is COCCNC(=O)COc1ccc(S(=O)(=O)NC2CCCCC2)cc1. The Bertz CT molecular complexity index is 640. The van der Waals surface area contributed by atoms with Crippen molar-refractivity contribution in [2.24, 2.45) is 0 Å². The standard InChI is InChI=1S/C17H26N2O5S/c1-23-12-11-18-17(20)13-24-15-7-9-16(10-8-15)25(21,22)19-14-5-3-2-4-6-14/h7-10,14,19H,2-6,11-13H2,1H3,(H,18,20). The Kier molecular flexibility index (Phi) is 7.67. The highest BCUT2D eigenvalue weighted by atomic mass is 32.2. The van der Waals surface area contributed by atoms with Gasteiger partial charge in [-0.05, 0) is 37.1 Å². The average Bonchev–Trinajstić information content (AvgIpc) is 2.61. The number of nitrogens with one attached hydrogen (secondary N) is 2. The van der Waals surface area contributed by atoms with Gasteiger partial charge in [-0.2, -0.15) is 0 Å². The summed E-state index contributed by atoms with van der Waals surface area (Å²) in [5.74, 6) is 0.186. The average molecular weight is 370 g/mol. The number of sulfonamides is 1. The van der Waals surface area contributed by atoms with Crippen LogP contribution in [0, 0.1) is 0 Å². The molecule has 2 rings (SSSR count). The summed E-state index contributed by atoms with van der Waals surface area (Å²) in [4.78, 5) is 11.7. The lowest BCUT2D eigenvalue weighted by atomic mass is 9.96. The van der Waals surface area contributed by atoms with Crippen molar-refractivity contribution in [1.82, 2.24) is 10.0 Å². The molecular weight excluding hydrogens is 344 g/mol. The minimum Gasteiger partial charge on any atom is -0.484 e. The van der Waals surface area contributed by atoms with Gasteiger partial charge in [0, 0.05) is 19.7 Å². The largest absolute Gasteiger partial charge is 0.484 e. The number of rotatable bonds is 9. The molecule has 1 aliphatic carbocycles. The minimum absolute atomic E-state index is 0.0190. The Labute approximate surface area is 149 Å². The number of hydrogen-bond donors (Lipinski definition) is 2. The smallest absolute Gasteiger partial charge is 0.258 e. The monoisotopic (exact) mass is 370 g/mol. The predicted molar refractivity (Wildman–Crippen MR) is 94.0 cm³/mol. The Hall–Kier alpha value is -1.64. The van der Waals surface area contributed by atoms with Crippen molar-refractivity contribution in [1.29, 1.82) is 0 Å². The van der Waals surface area contributed by atoms with Gasteiger partial charge in [0.25, 0.3) is 5.91 Å². The van der Waals surface area contributed by atoms with Crippen molar-refractivity contribution in [2.75, 3.05) is 26.9 Å². The van der Waals surface area contributed by atoms with Gasteiger partial charge in [0.05, 0.1) is 11.5 Å². The molecule has 0 radical (unpaired) electrons. The number of benzene rings is 1. The van der Waals surface area contributed by atoms with Crippen LogP contribution >= 0.6 is 0 Å². The van der Waals surface area contributed by atoms with Crippen LogP contribution < -0.4 is 14.8 Å². The third-order valence-corrected chi connectivity index (χ3v) is 5.60. The summed E-state index contributed by atoms with van der Waals surface area (Å²) >= 11 is 0. The first-order chi connectivity index (χ1) is 12.0. The van der Waals surface area contributed by atoms with Crippen LogP contribution in [0.5, 0.6) is 5.75 Å². The molecule has 2 N–H and O–H groups in total. The fourth-order valence-corrected chi connectivity index (χ4v) is 4.02. The van der Waals surface area contributed by atoms with Gasteiger partial charge in [0.1, 0.15) is 5.75 Å². The van der Waals surface area contributed by atoms with Crippen molar-refractivity contribution in [3.63, 3.8) is 0 Å². The number of hydrogen-bond acceptors (Lipinski definition) is 5. The first-order valence-electron chi connectivity index (χ1n) is 8.52. The summed E-state index contributed by atoms with van der Waals surface area (Å²) in [7, 11) is -1.96. The summed E-state index contributed by atoms with van der Waals surface area (Å²) in [5, 5.41) is 2.64. The molecule has 7 nitrogen and oxygen atoms in total. The van der Waals surface area contributed by atoms with Crippen LogP contribution in [0.2, 0.25) is 0 Å². The summed E-state index contributed by atoms with van der Waals surface area (Å²) in [5.41, 5.74) is 0. The molecule has 1 fully saturated rings. The molecule has 0 heterocycles. The van der Waals surface area contributed by atoms with Gasteiger partial charge >= 0.3 is 0 Å². The van der Waals surface area contributed by atoms with Crippen molar-refractivity contribution in [3.05, 3.63) is 24.3 Å². The molecule has 0 aliphatic heterocycles. The van der Waals surface area contributed by atoms with Crippen LogP contribution in [-0.2, 0) is 19.6 Å². The maximum absolute atomic E-state index is 12.4. The van der Waals surface area contributed by atoms with Gasteiger partial charge in [0.15, 0.2) is 6.61 Å². The molecule has 0 aromatic heterocycles. The summed E-state index contributed by atoms with van der Waals surface area (Å²) in [6.07, 6.45) is 5.07. The highest BCUT2D eigenvalue weighted by molar-refractivity contribution is 7.89. The van der Waals surface area contributed by atoms with Crippen LogP contribution in [0.15, 0.2) is 29.2 Å². The van der Waals surface area contributed by atoms with Crippen molar-refractivity contribution in [2.45, 2.75) is 43.0 Å². The first-order valence-corrected chi connectivity index (χ1v) is 10.0. The molecule has 1 aromatic rings. The van der Waals surface area contributed by atoms with Crippen LogP contribution in [0.1, 0.15) is 32.1 Å². The zero-order valence-electron chi connectivity index (χ0n) is 14.5. The Morgan fingerprint density at radius 3 is 2.48 bits per heavy atom. The van der Waals surface area contributed by atoms with E-state index in [4.69, 9.17) is 9.47 Å². The molecule has 1 amide bonds. The number of carbonyl (C=O) groups is 1. The Morgan fingerprint density at radius 2 is 1.84 bits per heavy atom. The van der Waals surface area contributed by atoms with Gasteiger partial charge in [-0.25, -0.2) is 13.1 Å². The second-order valence-corrected chi connectivity index (χ2v) is 7.77. The fourth-order valence-electron chi connectivity index (χ4n) is 2.72. The van der Waals surface area contributed by atoms with Gasteiger partial charge < -0.3 is 14.8 Å². The molecular formula is C17H26N2O5S. The van der Waals surface area contributed by atoms with Crippen LogP contribution in [0.3, 0.4) is 0 Å². The summed E-state index contributed by atoms with van der Waals surface area (Å²) < 4.78 is 37.7. The molecule has 0 saturated heterocycles. The van der Waals surface area contributed by atoms with E-state index in [9.17, 15) is 13.2 Å². The fraction of sp³-hybridized carbons (Fsp3) is 0.588. The van der Waals surface area contributed by atoms with Crippen LogP contribution in [0.4, 0.5) is 0 Å². The van der Waals surface area contributed by atoms with Crippen molar-refractivity contribution in [3.8, 4) is 5.75 Å². The van der Waals surface area contributed by atoms with Gasteiger partial charge in [0.2, 0.25) is 10.0 Å². The van der Waals surface area contributed by atoms with E-state index < -0.39 is 10.0 Å². The van der Waals surface area contributed by atoms with Crippen LogP contribution in [-0.4, -0.2) is 47.2 Å². The maximum atomic E-state index is 12.4. The lowest BCUT2D eigenvalue weighted by molar-refractivity contribution is -0.123. The second kappa shape index (κ2) is 9.74. The molecule has 0 unspecified atom stereocenters. The zero-order valence-corrected chi connectivity index (χ0v) is 15.3. The van der Waals surface area contributed by atoms with E-state index in [2.05, 4.69) is 10.0 Å². The number of ether oxygens (including phenoxy) is 2. The topological polar surface area (TPSA) is 93.7 Å². The van der Waals surface area contributed by atoms with Gasteiger partial charge in [-0.1, -0.05) is 19.3 Å². The third kappa shape index (κ3) is 6.64. The highest BCUT2D eigenvalue weighted by Gasteiger charge is 2.21. The first kappa shape index (κ1) is 19.7. The van der Waals surface area contributed by atoms with Gasteiger partial charge in [-0.15, -0.1) is 0 Å². The summed E-state index contributed by atoms with van der Waals surface area (Å²) in [6.45, 7) is 0.727. The lowest BCUT2D eigenvalue weighted by Crippen LogP contribution is -2.36. The Balaban J connectivity index is 1.84. The van der Waals surface area contributed by atoms with Crippen molar-refractivity contribution < 1.29 is 22.7 Å². The van der Waals surface area contributed by atoms with E-state index in [1.807, 2.05) is 0 Å². The van der Waals surface area contributed by atoms with E-state index in [0.29, 0.717) is 18.9 Å². The number of carbonyl (C=O) groups excluding carboxylic acids is 1. The molecule has 0 atom stereocenters. The van der Waals surface area contributed by atoms with Gasteiger partial charge in [-0.3, -0.25) is 4.79 Å². The molecule has 1 saturated carbocycles. The molecule has 1 aromatic carbocycles. The molecule has 25 heavy (non-hydrogen) atoms. The van der Waals surface area contributed by atoms with E-state index in [0.717, 1.165) is 25.7 Å². The molecule has 0 bridgehead atoms. The number of amides is 1. The highest BCUT2D eigenvalue weighted by Crippen LogP contribution is 2.21. The minimum atomic E-state index is -3.52. The molecule has 1 aliphatic rings. The van der Waals surface area contributed by atoms with E-state index >= 15 is 0 Å². The van der Waals surface area contributed by atoms with Crippen LogP contribution in [0.25, 0.3) is 0 Å². The molecule has 0 spiro atoms. The lowest BCUT2D eigenvalue weighted by Gasteiger charge is -2.22. The molecule has 140 valence electrons. The van der Waals surface area contributed by atoms with Crippen molar-refractivity contribution >= 4 is 15.9 Å². The second-order valence-electron chi connectivity index (χ2n) is 6.06. The predicted octanol–water partition coefficient (Wildman–Crippen LogP) is 1.44. The van der Waals surface area contributed by atoms with E-state index in [-0.39, 0.29) is 23.5 Å². The normalized spacial score (nSPS) is 15.7. The zero-order chi connectivity index (χ0) is 18.1. The summed E-state index contributed by atoms with van der Waals surface area (Å²) in [6, 6.07) is 6.10.